The number of carbonyl (C=O) groups excluding carboxylic acids is 4. The average Bonchev–Trinajstić information content (AvgIpc) is 3.23. The fraction of sp³-hybridized carbons (Fsp3) is 0.686. The first-order valence-electron chi connectivity index (χ1n) is 23.4. The van der Waals surface area contributed by atoms with Gasteiger partial charge < -0.3 is 65.7 Å². The number of rotatable bonds is 30. The van der Waals surface area contributed by atoms with Crippen LogP contribution >= 0.6 is 23.2 Å². The van der Waals surface area contributed by atoms with Crippen LogP contribution in [-0.2, 0) is 41.5 Å². The van der Waals surface area contributed by atoms with Crippen molar-refractivity contribution in [3.8, 4) is 0 Å². The average molecular weight is 1090 g/mol. The van der Waals surface area contributed by atoms with Gasteiger partial charge in [0.05, 0.1) is 31.5 Å². The standard InChI is InChI=1S/2C25H42NO3.CH2Cl2.BrH.2ClH.Na.H2O/c2*1-6-9-10-11-12-16-25(28)29-18-17-26(7-2,8-3)20-23(27)19-24-21(4)14-13-15-22(24)5;2-1-3;;;;;/h2*13-15H,6-12,16-20H2,1-5H3;1H2;3*1H;;1H2/q2*+1;;;;;+1;/p-3. The van der Waals surface area contributed by atoms with E-state index < -0.39 is 0 Å². The van der Waals surface area contributed by atoms with Crippen molar-refractivity contribution in [2.75, 3.05) is 70.9 Å². The van der Waals surface area contributed by atoms with Gasteiger partial charge in [-0.2, -0.15) is 0 Å². The van der Waals surface area contributed by atoms with E-state index in [1.54, 1.807) is 0 Å². The summed E-state index contributed by atoms with van der Waals surface area (Å²) in [6.45, 7) is 27.8. The number of nitrogens with zero attached hydrogens (tertiary/aromatic N) is 2. The summed E-state index contributed by atoms with van der Waals surface area (Å²) >= 11 is 9.53. The van der Waals surface area contributed by atoms with E-state index in [2.05, 4.69) is 93.5 Å². The molecule has 0 saturated heterocycles. The minimum atomic E-state index is -0.103. The van der Waals surface area contributed by atoms with E-state index in [-0.39, 0.29) is 106 Å². The van der Waals surface area contributed by atoms with Crippen molar-refractivity contribution >= 4 is 46.7 Å². The van der Waals surface area contributed by atoms with Crippen LogP contribution in [0.25, 0.3) is 0 Å². The van der Waals surface area contributed by atoms with Crippen LogP contribution in [0.15, 0.2) is 36.4 Å². The summed E-state index contributed by atoms with van der Waals surface area (Å²) in [5, 5.41) is 0.194. The zero-order valence-electron chi connectivity index (χ0n) is 42.9. The van der Waals surface area contributed by atoms with Gasteiger partial charge in [-0.25, -0.2) is 0 Å². The molecule has 0 radical (unpaired) electrons. The number of ether oxygens (including phenoxy) is 2. The van der Waals surface area contributed by atoms with Crippen molar-refractivity contribution in [3.05, 3.63) is 69.8 Å². The molecule has 0 amide bonds. The number of unbranched alkanes of at least 4 members (excludes halogenated alkanes) is 8. The van der Waals surface area contributed by atoms with Crippen molar-refractivity contribution in [1.82, 2.24) is 0 Å². The van der Waals surface area contributed by atoms with Crippen LogP contribution < -0.4 is 71.4 Å². The van der Waals surface area contributed by atoms with E-state index in [1.165, 1.54) is 60.8 Å². The van der Waals surface area contributed by atoms with E-state index in [1.807, 2.05) is 12.1 Å². The number of halogens is 5. The Hall–Kier alpha value is -0.760. The number of aryl methyl sites for hydroxylation is 4. The summed E-state index contributed by atoms with van der Waals surface area (Å²) in [6, 6.07) is 12.3. The Morgan fingerprint density at radius 2 is 0.788 bits per heavy atom. The summed E-state index contributed by atoms with van der Waals surface area (Å²) in [5.41, 5.74) is 7.01. The van der Waals surface area contributed by atoms with Gasteiger partial charge in [0.15, 0.2) is 11.6 Å². The Labute approximate surface area is 457 Å². The summed E-state index contributed by atoms with van der Waals surface area (Å²) in [6.07, 6.45) is 13.3. The van der Waals surface area contributed by atoms with Gasteiger partial charge in [0.25, 0.3) is 0 Å². The number of alkyl halides is 2. The van der Waals surface area contributed by atoms with Crippen molar-refractivity contribution in [2.24, 2.45) is 0 Å². The molecule has 2 aromatic rings. The second-order valence-electron chi connectivity index (χ2n) is 16.8. The summed E-state index contributed by atoms with van der Waals surface area (Å²) < 4.78 is 12.3. The molecule has 0 bridgehead atoms. The summed E-state index contributed by atoms with van der Waals surface area (Å²) in [7, 11) is 0. The first kappa shape index (κ1) is 76.7. The Morgan fingerprint density at radius 3 is 1.05 bits per heavy atom. The molecular formula is C51H88BrCl4N2NaO7. The van der Waals surface area contributed by atoms with Crippen LogP contribution in [-0.4, -0.2) is 109 Å². The van der Waals surface area contributed by atoms with Crippen molar-refractivity contribution in [3.63, 3.8) is 0 Å². The molecule has 9 nitrogen and oxygen atoms in total. The van der Waals surface area contributed by atoms with Crippen molar-refractivity contribution < 1.29 is 114 Å². The van der Waals surface area contributed by atoms with E-state index >= 15 is 0 Å². The molecule has 0 aliphatic carbocycles. The fourth-order valence-corrected chi connectivity index (χ4v) is 7.79. The van der Waals surface area contributed by atoms with Gasteiger partial charge >= 0.3 is 41.5 Å². The second-order valence-corrected chi connectivity index (χ2v) is 17.6. The summed E-state index contributed by atoms with van der Waals surface area (Å²) in [5.74, 6) is 0.309. The van der Waals surface area contributed by atoms with Crippen LogP contribution in [0.4, 0.5) is 0 Å². The Bertz CT molecular complexity index is 1400. The van der Waals surface area contributed by atoms with Gasteiger partial charge in [0.1, 0.15) is 39.4 Å². The number of benzene rings is 2. The van der Waals surface area contributed by atoms with E-state index in [4.69, 9.17) is 32.7 Å². The normalized spacial score (nSPS) is 10.4. The summed E-state index contributed by atoms with van der Waals surface area (Å²) in [4.78, 5) is 49.7. The van der Waals surface area contributed by atoms with Crippen LogP contribution in [0.3, 0.4) is 0 Å². The Kier molecular flexibility index (Phi) is 54.2. The predicted octanol–water partition coefficient (Wildman–Crippen LogP) is -1.04. The number of carbonyl (C=O) groups is 4. The smallest absolute Gasteiger partial charge is 1.00 e. The molecule has 0 unspecified atom stereocenters. The quantitative estimate of drug-likeness (QED) is 0.0325. The number of esters is 2. The maximum Gasteiger partial charge on any atom is 1.00 e. The van der Waals surface area contributed by atoms with Crippen LogP contribution in [0.5, 0.6) is 0 Å². The SMILES string of the molecule is CCCCCCCC(=O)OCC[N+](CC)(CC)CC(=O)Cc1c(C)cccc1C.CCCCCCCC(=O)OCC[N+](CC)(CC)CC(=O)Cc1c(C)cccc1C.ClCCl.O.[Br-].[Cl-].[Cl-].[Na+]. The van der Waals surface area contributed by atoms with E-state index in [9.17, 15) is 19.2 Å². The van der Waals surface area contributed by atoms with Gasteiger partial charge in [0, 0.05) is 25.7 Å². The minimum absolute atomic E-state index is 0. The minimum Gasteiger partial charge on any atom is -1.00 e. The molecule has 2 N–H and O–H groups in total. The van der Waals surface area contributed by atoms with Gasteiger partial charge in [-0.3, -0.25) is 19.2 Å². The van der Waals surface area contributed by atoms with E-state index in [0.29, 0.717) is 74.0 Å². The third-order valence-electron chi connectivity index (χ3n) is 12.4. The molecular weight excluding hydrogens is 997 g/mol. The molecule has 2 rings (SSSR count). The zero-order chi connectivity index (χ0) is 46.1. The number of ketones is 2. The first-order chi connectivity index (χ1) is 29.2. The third-order valence-corrected chi connectivity index (χ3v) is 12.4. The Balaban J connectivity index is -0.000000240. The second kappa shape index (κ2) is 46.6. The molecule has 0 fully saturated rings. The number of likely N-dealkylation sites (N-methyl/N-ethyl adjacent to an activating group) is 2. The van der Waals surface area contributed by atoms with Gasteiger partial charge in [0.2, 0.25) is 0 Å². The molecule has 66 heavy (non-hydrogen) atoms. The number of quaternary nitrogens is 2. The number of hydrogen-bond acceptors (Lipinski definition) is 6. The molecule has 0 heterocycles. The molecule has 0 spiro atoms. The topological polar surface area (TPSA) is 118 Å². The molecule has 0 aromatic heterocycles. The van der Waals surface area contributed by atoms with Gasteiger partial charge in [-0.05, 0) is 102 Å². The number of hydrogen-bond donors (Lipinski definition) is 0. The van der Waals surface area contributed by atoms with Gasteiger partial charge in [-0.1, -0.05) is 102 Å². The molecule has 0 aliphatic rings. The molecule has 380 valence electrons. The largest absolute Gasteiger partial charge is 1.00 e. The first-order valence-corrected chi connectivity index (χ1v) is 24.5. The van der Waals surface area contributed by atoms with Crippen LogP contribution in [0.1, 0.15) is 152 Å². The van der Waals surface area contributed by atoms with Gasteiger partial charge in [-0.15, -0.1) is 23.2 Å². The Morgan fingerprint density at radius 1 is 0.515 bits per heavy atom. The molecule has 15 heteroatoms. The molecule has 0 aliphatic heterocycles. The third kappa shape index (κ3) is 33.7. The maximum atomic E-state index is 12.9. The zero-order valence-corrected chi connectivity index (χ0v) is 49.5. The molecule has 0 saturated carbocycles. The molecule has 0 atom stereocenters. The fourth-order valence-electron chi connectivity index (χ4n) is 7.79. The monoisotopic (exact) mass is 1080 g/mol. The van der Waals surface area contributed by atoms with Crippen LogP contribution in [0.2, 0.25) is 0 Å². The van der Waals surface area contributed by atoms with Crippen LogP contribution in [0, 0.1) is 27.7 Å². The predicted molar refractivity (Wildman–Crippen MR) is 260 cm³/mol. The van der Waals surface area contributed by atoms with Crippen molar-refractivity contribution in [1.29, 1.82) is 0 Å². The van der Waals surface area contributed by atoms with E-state index in [0.717, 1.165) is 63.0 Å². The number of Topliss-reactive ketones (excluding diaryl/α,β-unsaturated/α-hetero) is 2. The maximum absolute atomic E-state index is 12.9. The van der Waals surface area contributed by atoms with Crippen molar-refractivity contribution in [2.45, 2.75) is 159 Å². The molecule has 2 aromatic carbocycles.